The Morgan fingerprint density at radius 1 is 1.32 bits per heavy atom. The number of thiazole rings is 1. The van der Waals surface area contributed by atoms with Gasteiger partial charge in [-0.05, 0) is 17.2 Å². The number of carboxylic acid groups (broad SMARTS) is 1. The maximum absolute atomic E-state index is 14.5. The topological polar surface area (TPSA) is 59.4 Å². The van der Waals surface area contributed by atoms with Crippen LogP contribution in [0.25, 0.3) is 11.1 Å². The van der Waals surface area contributed by atoms with Gasteiger partial charge in [0.2, 0.25) is 0 Å². The number of halogens is 1. The molecule has 0 saturated carbocycles. The predicted octanol–water partition coefficient (Wildman–Crippen LogP) is 4.56. The number of ether oxygens (including phenoxy) is 1. The van der Waals surface area contributed by atoms with E-state index in [-0.39, 0.29) is 18.1 Å². The second-order valence-electron chi connectivity index (χ2n) is 5.47. The highest BCUT2D eigenvalue weighted by molar-refractivity contribution is 7.09. The number of aromatic nitrogens is 1. The minimum absolute atomic E-state index is 0.0719. The molecule has 1 heterocycles. The number of hydrogen-bond donors (Lipinski definition) is 1. The zero-order valence-electron chi connectivity index (χ0n) is 13.5. The van der Waals surface area contributed by atoms with Crippen LogP contribution in [0.5, 0.6) is 5.75 Å². The molecule has 1 unspecified atom stereocenters. The summed E-state index contributed by atoms with van der Waals surface area (Å²) in [5, 5.41) is 11.8. The molecule has 128 valence electrons. The van der Waals surface area contributed by atoms with E-state index in [1.165, 1.54) is 18.4 Å². The van der Waals surface area contributed by atoms with Crippen molar-refractivity contribution in [3.05, 3.63) is 70.4 Å². The van der Waals surface area contributed by atoms with Gasteiger partial charge in [0, 0.05) is 23.1 Å². The van der Waals surface area contributed by atoms with Crippen molar-refractivity contribution in [3.63, 3.8) is 0 Å². The van der Waals surface area contributed by atoms with Crippen molar-refractivity contribution < 1.29 is 19.0 Å². The molecule has 0 spiro atoms. The smallest absolute Gasteiger partial charge is 0.304 e. The van der Waals surface area contributed by atoms with E-state index in [4.69, 9.17) is 4.74 Å². The van der Waals surface area contributed by atoms with Crippen LogP contribution in [0.15, 0.2) is 54.0 Å². The van der Waals surface area contributed by atoms with Crippen molar-refractivity contribution in [3.8, 4) is 16.9 Å². The fourth-order valence-corrected chi connectivity index (χ4v) is 3.51. The summed E-state index contributed by atoms with van der Waals surface area (Å²) in [5.74, 6) is -1.54. The molecule has 4 nitrogen and oxygen atoms in total. The highest BCUT2D eigenvalue weighted by atomic mass is 32.1. The summed E-state index contributed by atoms with van der Waals surface area (Å²) in [7, 11) is 1.42. The summed E-state index contributed by atoms with van der Waals surface area (Å²) < 4.78 is 19.6. The Balaban J connectivity index is 2.05. The van der Waals surface area contributed by atoms with Crippen molar-refractivity contribution in [1.82, 2.24) is 4.98 Å². The third kappa shape index (κ3) is 3.69. The molecule has 0 aliphatic rings. The predicted molar refractivity (Wildman–Crippen MR) is 94.6 cm³/mol. The van der Waals surface area contributed by atoms with Crippen LogP contribution < -0.4 is 4.74 Å². The van der Waals surface area contributed by atoms with Gasteiger partial charge in [-0.15, -0.1) is 11.3 Å². The third-order valence-corrected chi connectivity index (χ3v) is 4.80. The lowest BCUT2D eigenvalue weighted by Crippen LogP contribution is -2.08. The summed E-state index contributed by atoms with van der Waals surface area (Å²) in [6, 6.07) is 12.2. The van der Waals surface area contributed by atoms with Crippen LogP contribution in [0.2, 0.25) is 0 Å². The van der Waals surface area contributed by atoms with Crippen LogP contribution in [0.3, 0.4) is 0 Å². The van der Waals surface area contributed by atoms with Crippen molar-refractivity contribution in [2.75, 3.05) is 7.11 Å². The molecule has 1 atom stereocenters. The fraction of sp³-hybridized carbons (Fsp3) is 0.158. The van der Waals surface area contributed by atoms with Gasteiger partial charge in [0.25, 0.3) is 0 Å². The highest BCUT2D eigenvalue weighted by Gasteiger charge is 2.21. The molecule has 1 N–H and O–H groups in total. The van der Waals surface area contributed by atoms with Crippen LogP contribution in [0.4, 0.5) is 4.39 Å². The van der Waals surface area contributed by atoms with Gasteiger partial charge in [-0.2, -0.15) is 0 Å². The Bertz CT molecular complexity index is 880. The first-order valence-electron chi connectivity index (χ1n) is 7.64. The average molecular weight is 357 g/mol. The van der Waals surface area contributed by atoms with E-state index in [1.54, 1.807) is 36.5 Å². The van der Waals surface area contributed by atoms with E-state index in [0.717, 1.165) is 10.6 Å². The summed E-state index contributed by atoms with van der Waals surface area (Å²) in [5.41, 5.74) is 1.87. The minimum Gasteiger partial charge on any atom is -0.494 e. The van der Waals surface area contributed by atoms with Gasteiger partial charge in [0.15, 0.2) is 11.6 Å². The van der Waals surface area contributed by atoms with Crippen molar-refractivity contribution in [1.29, 1.82) is 0 Å². The molecule has 25 heavy (non-hydrogen) atoms. The van der Waals surface area contributed by atoms with Crippen molar-refractivity contribution in [2.45, 2.75) is 12.3 Å². The number of carboxylic acids is 1. The van der Waals surface area contributed by atoms with Crippen LogP contribution in [0, 0.1) is 5.82 Å². The van der Waals surface area contributed by atoms with E-state index >= 15 is 0 Å². The van der Waals surface area contributed by atoms with E-state index in [0.29, 0.717) is 11.1 Å². The molecule has 3 aromatic rings. The number of carbonyl (C=O) groups is 1. The standard InChI is InChI=1S/C19H16FNO3S/c1-24-16-7-3-6-14(18(16)20)12-4-2-5-13(10-12)15(11-17(22)23)19-21-8-9-25-19/h2-10,15H,11H2,1H3,(H,22,23). The van der Waals surface area contributed by atoms with E-state index in [1.807, 2.05) is 17.5 Å². The summed E-state index contributed by atoms with van der Waals surface area (Å²) in [6.07, 6.45) is 1.58. The van der Waals surface area contributed by atoms with Gasteiger partial charge in [0.05, 0.1) is 13.5 Å². The Morgan fingerprint density at radius 3 is 2.80 bits per heavy atom. The summed E-state index contributed by atoms with van der Waals surface area (Å²) in [6.45, 7) is 0. The first-order valence-corrected chi connectivity index (χ1v) is 8.52. The van der Waals surface area contributed by atoms with Crippen LogP contribution >= 0.6 is 11.3 Å². The number of hydrogen-bond acceptors (Lipinski definition) is 4. The molecule has 3 rings (SSSR count). The minimum atomic E-state index is -0.904. The van der Waals surface area contributed by atoms with E-state index < -0.39 is 11.8 Å². The number of rotatable bonds is 6. The Morgan fingerprint density at radius 2 is 2.12 bits per heavy atom. The molecule has 6 heteroatoms. The van der Waals surface area contributed by atoms with Gasteiger partial charge >= 0.3 is 5.97 Å². The zero-order chi connectivity index (χ0) is 17.8. The molecular weight excluding hydrogens is 341 g/mol. The molecule has 0 saturated heterocycles. The van der Waals surface area contributed by atoms with Crippen LogP contribution in [-0.4, -0.2) is 23.2 Å². The summed E-state index contributed by atoms with van der Waals surface area (Å²) in [4.78, 5) is 15.5. The first kappa shape index (κ1) is 17.1. The molecule has 0 radical (unpaired) electrons. The number of aliphatic carboxylic acids is 1. The maximum atomic E-state index is 14.5. The molecule has 0 amide bonds. The molecule has 0 aliphatic heterocycles. The van der Waals surface area contributed by atoms with Crippen LogP contribution in [-0.2, 0) is 4.79 Å². The SMILES string of the molecule is COc1cccc(-c2cccc(C(CC(=O)O)c3nccs3)c2)c1F. The number of nitrogens with zero attached hydrogens (tertiary/aromatic N) is 1. The van der Waals surface area contributed by atoms with E-state index in [2.05, 4.69) is 4.98 Å². The van der Waals surface area contributed by atoms with Crippen molar-refractivity contribution in [2.24, 2.45) is 0 Å². The molecule has 0 aliphatic carbocycles. The fourth-order valence-electron chi connectivity index (χ4n) is 2.74. The molecular formula is C19H16FNO3S. The second kappa shape index (κ2) is 7.44. The lowest BCUT2D eigenvalue weighted by molar-refractivity contribution is -0.137. The maximum Gasteiger partial charge on any atom is 0.304 e. The monoisotopic (exact) mass is 357 g/mol. The lowest BCUT2D eigenvalue weighted by Gasteiger charge is -2.15. The first-order chi connectivity index (χ1) is 12.1. The Hall–Kier alpha value is -2.73. The summed E-state index contributed by atoms with van der Waals surface area (Å²) >= 11 is 1.41. The molecule has 0 bridgehead atoms. The quantitative estimate of drug-likeness (QED) is 0.702. The van der Waals surface area contributed by atoms with Gasteiger partial charge < -0.3 is 9.84 Å². The average Bonchev–Trinajstić information content (AvgIpc) is 3.14. The number of benzene rings is 2. The number of methoxy groups -OCH3 is 1. The normalized spacial score (nSPS) is 11.9. The molecule has 0 fully saturated rings. The zero-order valence-corrected chi connectivity index (χ0v) is 14.3. The van der Waals surface area contributed by atoms with Crippen LogP contribution in [0.1, 0.15) is 22.9 Å². The lowest BCUT2D eigenvalue weighted by atomic mass is 9.93. The van der Waals surface area contributed by atoms with Gasteiger partial charge in [0.1, 0.15) is 5.01 Å². The molecule has 2 aromatic carbocycles. The van der Waals surface area contributed by atoms with Gasteiger partial charge in [-0.1, -0.05) is 36.4 Å². The second-order valence-corrected chi connectivity index (χ2v) is 6.39. The van der Waals surface area contributed by atoms with Gasteiger partial charge in [-0.25, -0.2) is 9.37 Å². The van der Waals surface area contributed by atoms with Crippen molar-refractivity contribution >= 4 is 17.3 Å². The molecule has 1 aromatic heterocycles. The van der Waals surface area contributed by atoms with E-state index in [9.17, 15) is 14.3 Å². The van der Waals surface area contributed by atoms with Gasteiger partial charge in [-0.3, -0.25) is 4.79 Å². The Labute approximate surface area is 148 Å². The third-order valence-electron chi connectivity index (χ3n) is 3.91. The largest absolute Gasteiger partial charge is 0.494 e. The highest BCUT2D eigenvalue weighted by Crippen LogP contribution is 2.34. The Kier molecular flexibility index (Phi) is 5.09.